The van der Waals surface area contributed by atoms with E-state index in [-0.39, 0.29) is 5.91 Å². The third-order valence-electron chi connectivity index (χ3n) is 5.12. The van der Waals surface area contributed by atoms with E-state index >= 15 is 0 Å². The number of carbonyl (C=O) groups is 1. The average molecular weight is 328 g/mol. The third-order valence-corrected chi connectivity index (χ3v) is 5.12. The van der Waals surface area contributed by atoms with Crippen molar-refractivity contribution in [3.8, 4) is 0 Å². The van der Waals surface area contributed by atoms with E-state index in [0.29, 0.717) is 12.0 Å². The number of nitrogens with one attached hydrogen (secondary N) is 1. The second kappa shape index (κ2) is 6.93. The van der Waals surface area contributed by atoms with Gasteiger partial charge in [0.05, 0.1) is 11.2 Å². The summed E-state index contributed by atoms with van der Waals surface area (Å²) in [5.74, 6) is 0.711. The summed E-state index contributed by atoms with van der Waals surface area (Å²) in [6.07, 6.45) is 2.03. The van der Waals surface area contributed by atoms with Crippen LogP contribution >= 0.6 is 0 Å². The Hall–Kier alpha value is -1.88. The van der Waals surface area contributed by atoms with Crippen molar-refractivity contribution in [1.29, 1.82) is 0 Å². The van der Waals surface area contributed by atoms with E-state index in [4.69, 9.17) is 5.10 Å². The highest BCUT2D eigenvalue weighted by Gasteiger charge is 2.21. The summed E-state index contributed by atoms with van der Waals surface area (Å²) < 4.78 is 1.98. The first-order valence-electron chi connectivity index (χ1n) is 8.90. The van der Waals surface area contributed by atoms with Crippen LogP contribution in [-0.4, -0.2) is 39.7 Å². The summed E-state index contributed by atoms with van der Waals surface area (Å²) in [6, 6.07) is 7.13. The molecule has 1 aliphatic heterocycles. The van der Waals surface area contributed by atoms with Crippen molar-refractivity contribution >= 4 is 16.8 Å². The minimum absolute atomic E-state index is 0.185. The Morgan fingerprint density at radius 2 is 2.04 bits per heavy atom. The van der Waals surface area contributed by atoms with E-state index in [9.17, 15) is 4.79 Å². The first-order valence-corrected chi connectivity index (χ1v) is 8.90. The number of rotatable bonds is 4. The van der Waals surface area contributed by atoms with E-state index < -0.39 is 0 Å². The van der Waals surface area contributed by atoms with Crippen molar-refractivity contribution in [3.63, 3.8) is 0 Å². The van der Waals surface area contributed by atoms with Crippen LogP contribution < -0.4 is 5.32 Å². The molecule has 1 aliphatic rings. The Kier molecular flexibility index (Phi) is 4.90. The lowest BCUT2D eigenvalue weighted by molar-refractivity contribution is -0.129. The highest BCUT2D eigenvalue weighted by molar-refractivity contribution is 5.82. The number of nitrogens with zero attached hydrogens (tertiary/aromatic N) is 3. The molecule has 0 saturated carbocycles. The largest absolute Gasteiger partial charge is 0.343 e. The molecule has 0 spiro atoms. The predicted molar refractivity (Wildman–Crippen MR) is 96.9 cm³/mol. The second-order valence-corrected chi connectivity index (χ2v) is 7.16. The van der Waals surface area contributed by atoms with Crippen molar-refractivity contribution in [2.24, 2.45) is 7.05 Å². The molecule has 1 fully saturated rings. The summed E-state index contributed by atoms with van der Waals surface area (Å²) in [6.45, 7) is 8.57. The Labute approximate surface area is 144 Å². The van der Waals surface area contributed by atoms with E-state index in [1.165, 1.54) is 16.5 Å². The Bertz CT molecular complexity index is 726. The number of benzene rings is 1. The number of likely N-dealkylation sites (tertiary alicyclic amines) is 1. The highest BCUT2D eigenvalue weighted by Crippen LogP contribution is 2.24. The molecule has 1 saturated heterocycles. The molecule has 0 unspecified atom stereocenters. The first kappa shape index (κ1) is 17.0. The summed E-state index contributed by atoms with van der Waals surface area (Å²) in [4.78, 5) is 13.3. The first-order chi connectivity index (χ1) is 11.5. The quantitative estimate of drug-likeness (QED) is 0.939. The zero-order valence-electron chi connectivity index (χ0n) is 15.2. The molecular weight excluding hydrogens is 300 g/mol. The van der Waals surface area contributed by atoms with Gasteiger partial charge in [0.2, 0.25) is 5.91 Å². The van der Waals surface area contributed by atoms with Gasteiger partial charge in [0.15, 0.2) is 0 Å². The van der Waals surface area contributed by atoms with Crippen molar-refractivity contribution < 1.29 is 4.79 Å². The molecule has 0 bridgehead atoms. The van der Waals surface area contributed by atoms with Gasteiger partial charge < -0.3 is 10.2 Å². The molecule has 5 nitrogen and oxygen atoms in total. The molecule has 1 aromatic carbocycles. The smallest absolute Gasteiger partial charge is 0.219 e. The monoisotopic (exact) mass is 328 g/mol. The minimum atomic E-state index is 0.185. The summed E-state index contributed by atoms with van der Waals surface area (Å²) in [7, 11) is 2.02. The van der Waals surface area contributed by atoms with E-state index in [0.717, 1.165) is 38.2 Å². The number of carbonyl (C=O) groups excluding carboxylic acids is 1. The maximum absolute atomic E-state index is 11.4. The molecule has 2 aromatic rings. The molecule has 0 atom stereocenters. The van der Waals surface area contributed by atoms with Gasteiger partial charge >= 0.3 is 0 Å². The van der Waals surface area contributed by atoms with Gasteiger partial charge in [-0.15, -0.1) is 0 Å². The lowest BCUT2D eigenvalue weighted by Crippen LogP contribution is -2.44. The van der Waals surface area contributed by atoms with Gasteiger partial charge in [-0.05, 0) is 30.4 Å². The Morgan fingerprint density at radius 1 is 1.33 bits per heavy atom. The maximum Gasteiger partial charge on any atom is 0.219 e. The molecule has 2 heterocycles. The number of hydrogen-bond donors (Lipinski definition) is 1. The number of fused-ring (bicyclic) bond motifs is 1. The topological polar surface area (TPSA) is 50.2 Å². The van der Waals surface area contributed by atoms with Crippen LogP contribution in [0.25, 0.3) is 10.9 Å². The Balaban J connectivity index is 1.67. The fourth-order valence-corrected chi connectivity index (χ4v) is 3.48. The van der Waals surface area contributed by atoms with Crippen LogP contribution in [0.1, 0.15) is 50.8 Å². The molecule has 0 radical (unpaired) electrons. The predicted octanol–water partition coefficient (Wildman–Crippen LogP) is 2.80. The minimum Gasteiger partial charge on any atom is -0.343 e. The fraction of sp³-hybridized carbons (Fsp3) is 0.579. The standard InChI is InChI=1S/C19H28N4O/c1-13(2)15-5-6-17-18(21-22(4)19(17)11-15)12-20-16-7-9-23(10-8-16)14(3)24/h5-6,11,13,16,20H,7-10,12H2,1-4H3. The van der Waals surface area contributed by atoms with Crippen LogP contribution in [0.3, 0.4) is 0 Å². The molecule has 0 aliphatic carbocycles. The zero-order valence-corrected chi connectivity index (χ0v) is 15.2. The number of aryl methyl sites for hydroxylation is 1. The van der Waals surface area contributed by atoms with Crippen LogP contribution in [0.15, 0.2) is 18.2 Å². The molecule has 5 heteroatoms. The van der Waals surface area contributed by atoms with Gasteiger partial charge in [-0.2, -0.15) is 5.10 Å². The molecule has 1 N–H and O–H groups in total. The number of piperidine rings is 1. The molecule has 1 aromatic heterocycles. The lowest BCUT2D eigenvalue weighted by atomic mass is 10.0. The Morgan fingerprint density at radius 3 is 2.67 bits per heavy atom. The van der Waals surface area contributed by atoms with E-state index in [1.807, 2.05) is 16.6 Å². The average Bonchev–Trinajstić information content (AvgIpc) is 2.89. The summed E-state index contributed by atoms with van der Waals surface area (Å²) in [5.41, 5.74) is 3.66. The van der Waals surface area contributed by atoms with E-state index in [2.05, 4.69) is 37.4 Å². The molecule has 3 rings (SSSR count). The van der Waals surface area contributed by atoms with Gasteiger partial charge in [-0.25, -0.2) is 0 Å². The van der Waals surface area contributed by atoms with Gasteiger partial charge in [-0.3, -0.25) is 9.48 Å². The van der Waals surface area contributed by atoms with Crippen molar-refractivity contribution in [1.82, 2.24) is 20.0 Å². The van der Waals surface area contributed by atoms with Crippen LogP contribution in [0.4, 0.5) is 0 Å². The van der Waals surface area contributed by atoms with E-state index in [1.54, 1.807) is 6.92 Å². The third kappa shape index (κ3) is 3.46. The van der Waals surface area contributed by atoms with Crippen LogP contribution in [0.5, 0.6) is 0 Å². The van der Waals surface area contributed by atoms with Crippen molar-refractivity contribution in [3.05, 3.63) is 29.5 Å². The summed E-state index contributed by atoms with van der Waals surface area (Å²) >= 11 is 0. The van der Waals surface area contributed by atoms with Gasteiger partial charge in [0.1, 0.15) is 0 Å². The molecule has 24 heavy (non-hydrogen) atoms. The van der Waals surface area contributed by atoms with Gasteiger partial charge in [0, 0.05) is 45.0 Å². The van der Waals surface area contributed by atoms with Crippen LogP contribution in [-0.2, 0) is 18.4 Å². The number of amides is 1. The molecule has 1 amide bonds. The highest BCUT2D eigenvalue weighted by atomic mass is 16.2. The lowest BCUT2D eigenvalue weighted by Gasteiger charge is -2.31. The second-order valence-electron chi connectivity index (χ2n) is 7.16. The summed E-state index contributed by atoms with van der Waals surface area (Å²) in [5, 5.41) is 9.57. The van der Waals surface area contributed by atoms with Crippen LogP contribution in [0, 0.1) is 0 Å². The van der Waals surface area contributed by atoms with Gasteiger partial charge in [0.25, 0.3) is 0 Å². The fourth-order valence-electron chi connectivity index (χ4n) is 3.48. The maximum atomic E-state index is 11.4. The van der Waals surface area contributed by atoms with Crippen molar-refractivity contribution in [2.45, 2.75) is 52.1 Å². The van der Waals surface area contributed by atoms with Gasteiger partial charge in [-0.1, -0.05) is 26.0 Å². The zero-order chi connectivity index (χ0) is 17.3. The SMILES string of the molecule is CC(=O)N1CCC(NCc2nn(C)c3cc(C(C)C)ccc23)CC1. The molecule has 130 valence electrons. The number of hydrogen-bond acceptors (Lipinski definition) is 3. The number of aromatic nitrogens is 2. The van der Waals surface area contributed by atoms with Crippen molar-refractivity contribution in [2.75, 3.05) is 13.1 Å². The van der Waals surface area contributed by atoms with Crippen LogP contribution in [0.2, 0.25) is 0 Å². The normalized spacial score (nSPS) is 16.3. The molecular formula is C19H28N4O.